The van der Waals surface area contributed by atoms with Crippen molar-refractivity contribution in [1.29, 1.82) is 0 Å². The highest BCUT2D eigenvalue weighted by Gasteiger charge is 2.57. The van der Waals surface area contributed by atoms with Crippen LogP contribution in [0.25, 0.3) is 22.3 Å². The first kappa shape index (κ1) is 29.6. The van der Waals surface area contributed by atoms with Crippen molar-refractivity contribution in [1.82, 2.24) is 25.0 Å². The Morgan fingerprint density at radius 3 is 2.46 bits per heavy atom. The van der Waals surface area contributed by atoms with Crippen molar-refractivity contribution in [3.05, 3.63) is 84.5 Å². The molecule has 0 unspecified atom stereocenters. The van der Waals surface area contributed by atoms with Crippen LogP contribution in [0.4, 0.5) is 20.2 Å². The predicted molar refractivity (Wildman–Crippen MR) is 165 cm³/mol. The Labute approximate surface area is 262 Å². The molecule has 1 saturated heterocycles. The highest BCUT2D eigenvalue weighted by Crippen LogP contribution is 2.49. The van der Waals surface area contributed by atoms with E-state index >= 15 is 4.39 Å². The summed E-state index contributed by atoms with van der Waals surface area (Å²) in [5.74, 6) is -1.65. The van der Waals surface area contributed by atoms with E-state index in [2.05, 4.69) is 32.0 Å². The SMILES string of the molecule is CN1CCN(Cc2cc(-c3n[nH]c4nccc(Oc5ccc(N(C(=O)C6(C(N)=O)CC6)c6ccc(F)cc6)cc5F)c34)co2)CC1. The summed E-state index contributed by atoms with van der Waals surface area (Å²) in [5, 5.41) is 7.90. The van der Waals surface area contributed by atoms with E-state index in [-0.39, 0.29) is 30.0 Å². The first-order chi connectivity index (χ1) is 22.2. The Bertz CT molecular complexity index is 1930. The molecule has 2 fully saturated rings. The molecule has 5 aromatic rings. The standard InChI is InChI=1S/C33H31F2N7O4/c1-40-12-14-41(15-13-40)18-24-16-20(19-45-24)29-28-27(8-11-37-30(28)39-38-29)46-26-7-6-23(17-25(26)35)42(22-4-2-21(34)3-5-22)32(44)33(9-10-33)31(36)43/h2-8,11,16-17,19H,9-10,12-15,18H2,1H3,(H2,36,43)(H,37,38,39). The Hall–Kier alpha value is -5.14. The fourth-order valence-electron chi connectivity index (χ4n) is 5.74. The van der Waals surface area contributed by atoms with Gasteiger partial charge in [0, 0.05) is 49.7 Å². The number of aromatic nitrogens is 3. The number of ether oxygens (including phenoxy) is 1. The van der Waals surface area contributed by atoms with Gasteiger partial charge in [-0.15, -0.1) is 0 Å². The van der Waals surface area contributed by atoms with Crippen LogP contribution in [0.3, 0.4) is 0 Å². The second-order valence-corrected chi connectivity index (χ2v) is 11.8. The number of furan rings is 1. The number of H-pyrrole nitrogens is 1. The van der Waals surface area contributed by atoms with Gasteiger partial charge in [-0.05, 0) is 68.4 Å². The number of fused-ring (bicyclic) bond motifs is 1. The molecule has 4 heterocycles. The minimum atomic E-state index is -1.39. The van der Waals surface area contributed by atoms with Crippen LogP contribution in [-0.2, 0) is 16.1 Å². The number of pyridine rings is 1. The van der Waals surface area contributed by atoms with Gasteiger partial charge in [-0.1, -0.05) is 0 Å². The summed E-state index contributed by atoms with van der Waals surface area (Å²) in [6, 6.07) is 12.7. The van der Waals surface area contributed by atoms with E-state index in [4.69, 9.17) is 14.9 Å². The number of aromatic amines is 1. The number of nitrogens with zero attached hydrogens (tertiary/aromatic N) is 5. The number of hydrogen-bond donors (Lipinski definition) is 2. The number of nitrogens with two attached hydrogens (primary N) is 1. The quantitative estimate of drug-likeness (QED) is 0.219. The Morgan fingerprint density at radius 2 is 1.76 bits per heavy atom. The summed E-state index contributed by atoms with van der Waals surface area (Å²) in [6.45, 7) is 4.57. The van der Waals surface area contributed by atoms with Gasteiger partial charge in [-0.25, -0.2) is 13.8 Å². The number of carbonyl (C=O) groups excluding carboxylic acids is 2. The van der Waals surface area contributed by atoms with Crippen LogP contribution in [0.2, 0.25) is 0 Å². The number of carbonyl (C=O) groups is 2. The van der Waals surface area contributed by atoms with Gasteiger partial charge in [0.05, 0.1) is 17.6 Å². The molecule has 0 atom stereocenters. The number of nitrogens with one attached hydrogen (secondary N) is 1. The van der Waals surface area contributed by atoms with Gasteiger partial charge >= 0.3 is 0 Å². The Kier molecular flexibility index (Phi) is 7.49. The number of likely N-dealkylation sites (N-methyl/N-ethyl adjacent to an activating group) is 1. The van der Waals surface area contributed by atoms with Crippen molar-refractivity contribution in [2.75, 3.05) is 38.1 Å². The topological polar surface area (TPSA) is 134 Å². The molecular weight excluding hydrogens is 596 g/mol. The van der Waals surface area contributed by atoms with Crippen molar-refractivity contribution in [3.8, 4) is 22.8 Å². The van der Waals surface area contributed by atoms with Crippen molar-refractivity contribution in [3.63, 3.8) is 0 Å². The van der Waals surface area contributed by atoms with Crippen molar-refractivity contribution >= 4 is 34.2 Å². The lowest BCUT2D eigenvalue weighted by molar-refractivity contribution is -0.133. The Balaban J connectivity index is 1.17. The van der Waals surface area contributed by atoms with E-state index in [1.165, 1.54) is 47.5 Å². The van der Waals surface area contributed by atoms with Gasteiger partial charge in [0.1, 0.15) is 34.7 Å². The molecule has 11 nitrogen and oxygen atoms in total. The lowest BCUT2D eigenvalue weighted by atomic mass is 10.0. The predicted octanol–water partition coefficient (Wildman–Crippen LogP) is 4.97. The number of piperazine rings is 1. The van der Waals surface area contributed by atoms with Gasteiger partial charge in [0.15, 0.2) is 17.2 Å². The third-order valence-corrected chi connectivity index (χ3v) is 8.64. The minimum absolute atomic E-state index is 0.117. The fourth-order valence-corrected chi connectivity index (χ4v) is 5.74. The van der Waals surface area contributed by atoms with Gasteiger partial charge in [-0.2, -0.15) is 5.10 Å². The molecule has 0 bridgehead atoms. The number of halogens is 2. The molecule has 2 aromatic carbocycles. The average Bonchev–Trinajstić information content (AvgIpc) is 3.56. The van der Waals surface area contributed by atoms with Crippen molar-refractivity contribution in [2.45, 2.75) is 19.4 Å². The number of anilines is 2. The van der Waals surface area contributed by atoms with Gasteiger partial charge in [0.2, 0.25) is 11.8 Å². The zero-order valence-corrected chi connectivity index (χ0v) is 25.0. The second-order valence-electron chi connectivity index (χ2n) is 11.8. The average molecular weight is 628 g/mol. The van der Waals surface area contributed by atoms with Crippen LogP contribution in [-0.4, -0.2) is 70.0 Å². The van der Waals surface area contributed by atoms with Crippen molar-refractivity contribution < 1.29 is 27.5 Å². The van der Waals surface area contributed by atoms with E-state index in [0.717, 1.165) is 43.6 Å². The monoisotopic (exact) mass is 627 g/mol. The van der Waals surface area contributed by atoms with Crippen molar-refractivity contribution in [2.24, 2.45) is 11.1 Å². The van der Waals surface area contributed by atoms with Crippen LogP contribution in [0.15, 0.2) is 71.5 Å². The van der Waals surface area contributed by atoms with Crippen LogP contribution in [0.5, 0.6) is 11.5 Å². The number of rotatable bonds is 9. The number of amides is 2. The summed E-state index contributed by atoms with van der Waals surface area (Å²) >= 11 is 0. The van der Waals surface area contributed by atoms with E-state index in [1.54, 1.807) is 12.3 Å². The molecule has 2 aliphatic rings. The van der Waals surface area contributed by atoms with E-state index in [0.29, 0.717) is 29.0 Å². The molecule has 236 valence electrons. The molecule has 3 aromatic heterocycles. The van der Waals surface area contributed by atoms with Crippen LogP contribution in [0.1, 0.15) is 18.6 Å². The third kappa shape index (κ3) is 5.48. The normalized spacial score (nSPS) is 16.4. The zero-order chi connectivity index (χ0) is 32.0. The van der Waals surface area contributed by atoms with E-state index in [1.807, 2.05) is 6.07 Å². The van der Waals surface area contributed by atoms with Gasteiger partial charge in [0.25, 0.3) is 0 Å². The maximum Gasteiger partial charge on any atom is 0.247 e. The first-order valence-corrected chi connectivity index (χ1v) is 14.9. The molecule has 13 heteroatoms. The van der Waals surface area contributed by atoms with Gasteiger partial charge in [-0.3, -0.25) is 24.5 Å². The molecule has 0 spiro atoms. The van der Waals surface area contributed by atoms with E-state index < -0.39 is 28.9 Å². The molecule has 7 rings (SSSR count). The van der Waals surface area contributed by atoms with Crippen LogP contribution in [0, 0.1) is 17.0 Å². The van der Waals surface area contributed by atoms with Crippen LogP contribution >= 0.6 is 0 Å². The van der Waals surface area contributed by atoms with E-state index in [9.17, 15) is 14.0 Å². The van der Waals surface area contributed by atoms with Gasteiger partial charge < -0.3 is 19.8 Å². The lowest BCUT2D eigenvalue weighted by Crippen LogP contribution is -2.43. The molecule has 46 heavy (non-hydrogen) atoms. The first-order valence-electron chi connectivity index (χ1n) is 14.9. The fraction of sp³-hybridized carbons (Fsp3) is 0.273. The molecule has 1 saturated carbocycles. The molecular formula is C33H31F2N7O4. The van der Waals surface area contributed by atoms with Crippen LogP contribution < -0.4 is 15.4 Å². The lowest BCUT2D eigenvalue weighted by Gasteiger charge is -2.31. The summed E-state index contributed by atoms with van der Waals surface area (Å²) < 4.78 is 41.4. The zero-order valence-electron chi connectivity index (χ0n) is 25.0. The second kappa shape index (κ2) is 11.7. The maximum atomic E-state index is 15.7. The molecule has 1 aliphatic carbocycles. The highest BCUT2D eigenvalue weighted by atomic mass is 19.1. The number of primary amides is 1. The summed E-state index contributed by atoms with van der Waals surface area (Å²) in [4.78, 5) is 35.9. The third-order valence-electron chi connectivity index (χ3n) is 8.64. The number of hydrogen-bond acceptors (Lipinski definition) is 8. The molecule has 1 aliphatic heterocycles. The summed E-state index contributed by atoms with van der Waals surface area (Å²) in [5.41, 5.74) is 6.27. The minimum Gasteiger partial charge on any atom is -0.467 e. The highest BCUT2D eigenvalue weighted by molar-refractivity contribution is 6.16. The Morgan fingerprint density at radius 1 is 1.02 bits per heavy atom. The smallest absolute Gasteiger partial charge is 0.247 e. The molecule has 0 radical (unpaired) electrons. The molecule has 2 amide bonds. The number of benzene rings is 2. The molecule has 3 N–H and O–H groups in total. The largest absolute Gasteiger partial charge is 0.467 e. The maximum absolute atomic E-state index is 15.7. The summed E-state index contributed by atoms with van der Waals surface area (Å²) in [6.07, 6.45) is 3.71. The summed E-state index contributed by atoms with van der Waals surface area (Å²) in [7, 11) is 2.11.